The molecule has 2 aliphatic heterocycles. The normalized spacial score (nSPS) is 15.9. The molecule has 0 saturated heterocycles. The summed E-state index contributed by atoms with van der Waals surface area (Å²) in [7, 11) is -2.79. The lowest BCUT2D eigenvalue weighted by Crippen LogP contribution is -2.34. The van der Waals surface area contributed by atoms with Gasteiger partial charge < -0.3 is 9.42 Å². The summed E-state index contributed by atoms with van der Waals surface area (Å²) in [6, 6.07) is 12.5. The molecule has 0 radical (unpaired) electrons. The van der Waals surface area contributed by atoms with E-state index in [2.05, 4.69) is 17.0 Å². The fourth-order valence-corrected chi connectivity index (χ4v) is 7.06. The predicted octanol–water partition coefficient (Wildman–Crippen LogP) is 6.76. The lowest BCUT2D eigenvalue weighted by molar-refractivity contribution is 0.477. The van der Waals surface area contributed by atoms with E-state index in [0.29, 0.717) is 28.7 Å². The summed E-state index contributed by atoms with van der Waals surface area (Å²) >= 11 is 1.52. The first kappa shape index (κ1) is 22.2. The van der Waals surface area contributed by atoms with Gasteiger partial charge in [0, 0.05) is 42.2 Å². The van der Waals surface area contributed by atoms with Crippen LogP contribution in [0.3, 0.4) is 0 Å². The number of nitrogens with zero attached hydrogens (tertiary/aromatic N) is 3. The van der Waals surface area contributed by atoms with E-state index in [9.17, 15) is 9.83 Å². The fourth-order valence-electron chi connectivity index (χ4n) is 4.87. The molecule has 0 spiro atoms. The molecule has 7 heteroatoms. The summed E-state index contributed by atoms with van der Waals surface area (Å²) in [5.41, 5.74) is 6.00. The quantitative estimate of drug-likeness (QED) is 0.290. The second kappa shape index (κ2) is 8.97. The maximum absolute atomic E-state index is 13.4. The number of hydrogen-bond donors (Lipinski definition) is 0. The fraction of sp³-hybridized carbons (Fsp3) is 0.385. The van der Waals surface area contributed by atoms with Crippen LogP contribution in [0.1, 0.15) is 48.4 Å². The monoisotopic (exact) mass is 477 g/mol. The highest BCUT2D eigenvalue weighted by atomic mass is 32.1. The molecule has 0 unspecified atom stereocenters. The van der Waals surface area contributed by atoms with Crippen LogP contribution in [0.5, 0.6) is 5.75 Å². The first-order valence-electron chi connectivity index (χ1n) is 11.7. The lowest BCUT2D eigenvalue weighted by Gasteiger charge is -2.38. The van der Waals surface area contributed by atoms with Crippen molar-refractivity contribution in [3.05, 3.63) is 52.0 Å². The minimum absolute atomic E-state index is 0.496. The van der Waals surface area contributed by atoms with Gasteiger partial charge in [-0.3, -0.25) is 4.57 Å². The molecule has 0 aliphatic carbocycles. The standard InChI is InChI=1S/C26H28N3O2PS/c1-3-32(30,4-2)31-25-19(15-18-9-7-13-29-14-8-10-21(25)24(18)29)16-20(17-27)26-28-22-11-5-6-12-23(22)33-26/h5-6,11-12,15-16H,3-4,7-10,13-14H2,1-2H3. The van der Waals surface area contributed by atoms with Gasteiger partial charge in [0.15, 0.2) is 0 Å². The zero-order chi connectivity index (χ0) is 23.0. The van der Waals surface area contributed by atoms with Gasteiger partial charge in [-0.2, -0.15) is 5.26 Å². The number of hydrogen-bond acceptors (Lipinski definition) is 6. The molecule has 0 amide bonds. The minimum Gasteiger partial charge on any atom is -0.442 e. The van der Waals surface area contributed by atoms with Crippen molar-refractivity contribution in [2.75, 3.05) is 30.3 Å². The van der Waals surface area contributed by atoms with Crippen molar-refractivity contribution in [3.63, 3.8) is 0 Å². The molecule has 0 atom stereocenters. The number of allylic oxidation sites excluding steroid dienone is 1. The van der Waals surface area contributed by atoms with Crippen molar-refractivity contribution in [1.82, 2.24) is 4.98 Å². The maximum atomic E-state index is 13.4. The first-order valence-corrected chi connectivity index (χ1v) is 14.6. The number of thiazole rings is 1. The Morgan fingerprint density at radius 2 is 2.00 bits per heavy atom. The molecule has 1 aromatic heterocycles. The van der Waals surface area contributed by atoms with Crippen molar-refractivity contribution in [3.8, 4) is 11.8 Å². The molecule has 5 nitrogen and oxygen atoms in total. The maximum Gasteiger partial charge on any atom is 0.247 e. The molecular weight excluding hydrogens is 449 g/mol. The molecule has 5 rings (SSSR count). The zero-order valence-electron chi connectivity index (χ0n) is 19.1. The number of anilines is 1. The van der Waals surface area contributed by atoms with E-state index in [-0.39, 0.29) is 0 Å². The number of aryl methyl sites for hydroxylation is 1. The van der Waals surface area contributed by atoms with E-state index in [0.717, 1.165) is 60.1 Å². The van der Waals surface area contributed by atoms with E-state index in [4.69, 9.17) is 9.51 Å². The minimum atomic E-state index is -2.79. The van der Waals surface area contributed by atoms with Gasteiger partial charge in [-0.05, 0) is 55.5 Å². The zero-order valence-corrected chi connectivity index (χ0v) is 20.8. The number of rotatable bonds is 6. The molecule has 170 valence electrons. The number of fused-ring (bicyclic) bond motifs is 1. The van der Waals surface area contributed by atoms with Gasteiger partial charge >= 0.3 is 0 Å². The van der Waals surface area contributed by atoms with Crippen molar-refractivity contribution in [2.24, 2.45) is 0 Å². The molecule has 3 heterocycles. The first-order chi connectivity index (χ1) is 16.0. The van der Waals surface area contributed by atoms with Crippen LogP contribution in [-0.2, 0) is 17.4 Å². The summed E-state index contributed by atoms with van der Waals surface area (Å²) < 4.78 is 20.9. The van der Waals surface area contributed by atoms with Crippen molar-refractivity contribution in [1.29, 1.82) is 5.26 Å². The Kier molecular flexibility index (Phi) is 6.03. The SMILES string of the molecule is CCP(=O)(CC)Oc1c(C=C(C#N)c2nc3ccccc3s2)cc2c3c1CCCN3CCC2. The smallest absolute Gasteiger partial charge is 0.247 e. The summed E-state index contributed by atoms with van der Waals surface area (Å²) in [6.07, 6.45) is 7.00. The third kappa shape index (κ3) is 4.09. The highest BCUT2D eigenvalue weighted by Gasteiger charge is 2.31. The van der Waals surface area contributed by atoms with Crippen LogP contribution in [0, 0.1) is 11.3 Å². The third-order valence-corrected chi connectivity index (χ3v) is 10.2. The van der Waals surface area contributed by atoms with E-state index in [1.165, 1.54) is 22.6 Å². The lowest BCUT2D eigenvalue weighted by atomic mass is 9.88. The van der Waals surface area contributed by atoms with Crippen LogP contribution < -0.4 is 9.42 Å². The Morgan fingerprint density at radius 1 is 1.24 bits per heavy atom. The average molecular weight is 478 g/mol. The van der Waals surface area contributed by atoms with Crippen LogP contribution in [0.2, 0.25) is 0 Å². The van der Waals surface area contributed by atoms with Gasteiger partial charge in [0.1, 0.15) is 16.8 Å². The highest BCUT2D eigenvalue weighted by Crippen LogP contribution is 2.52. The molecule has 33 heavy (non-hydrogen) atoms. The average Bonchev–Trinajstić information content (AvgIpc) is 3.28. The molecule has 0 fully saturated rings. The molecule has 2 aromatic carbocycles. The molecular formula is C26H28N3O2PS. The summed E-state index contributed by atoms with van der Waals surface area (Å²) in [5, 5.41) is 10.7. The number of aromatic nitrogens is 1. The van der Waals surface area contributed by atoms with Gasteiger partial charge in [0.2, 0.25) is 7.37 Å². The third-order valence-electron chi connectivity index (χ3n) is 6.67. The Bertz CT molecular complexity index is 1290. The van der Waals surface area contributed by atoms with Gasteiger partial charge in [0.05, 0.1) is 15.8 Å². The molecule has 3 aromatic rings. The van der Waals surface area contributed by atoms with E-state index in [1.54, 1.807) is 0 Å². The van der Waals surface area contributed by atoms with Crippen molar-refractivity contribution in [2.45, 2.75) is 39.5 Å². The van der Waals surface area contributed by atoms with Gasteiger partial charge in [0.25, 0.3) is 0 Å². The number of para-hydroxylation sites is 1. The number of benzene rings is 2. The molecule has 0 bridgehead atoms. The van der Waals surface area contributed by atoms with Crippen LogP contribution in [0.4, 0.5) is 5.69 Å². The van der Waals surface area contributed by atoms with Crippen LogP contribution in [0.25, 0.3) is 21.9 Å². The Labute approximate surface area is 199 Å². The van der Waals surface area contributed by atoms with Crippen LogP contribution in [-0.4, -0.2) is 30.4 Å². The Balaban J connectivity index is 1.70. The molecule has 0 N–H and O–H groups in total. The van der Waals surface area contributed by atoms with E-state index in [1.807, 2.05) is 44.2 Å². The number of nitriles is 1. The summed E-state index contributed by atoms with van der Waals surface area (Å²) in [5.74, 6) is 0.709. The molecule has 0 saturated carbocycles. The second-order valence-corrected chi connectivity index (χ2v) is 12.8. The summed E-state index contributed by atoms with van der Waals surface area (Å²) in [4.78, 5) is 7.15. The molecule has 2 aliphatic rings. The highest BCUT2D eigenvalue weighted by molar-refractivity contribution is 7.59. The topological polar surface area (TPSA) is 66.2 Å². The van der Waals surface area contributed by atoms with Crippen molar-refractivity contribution >= 4 is 46.3 Å². The van der Waals surface area contributed by atoms with Crippen molar-refractivity contribution < 1.29 is 9.09 Å². The van der Waals surface area contributed by atoms with E-state index < -0.39 is 7.37 Å². The van der Waals surface area contributed by atoms with Crippen LogP contribution >= 0.6 is 18.7 Å². The van der Waals surface area contributed by atoms with Gasteiger partial charge in [-0.25, -0.2) is 4.98 Å². The van der Waals surface area contributed by atoms with E-state index >= 15 is 0 Å². The predicted molar refractivity (Wildman–Crippen MR) is 138 cm³/mol. The summed E-state index contributed by atoms with van der Waals surface area (Å²) in [6.45, 7) is 5.97. The Hall–Kier alpha value is -2.61. The second-order valence-electron chi connectivity index (χ2n) is 8.67. The van der Waals surface area contributed by atoms with Crippen LogP contribution in [0.15, 0.2) is 30.3 Å². The Morgan fingerprint density at radius 3 is 2.73 bits per heavy atom. The van der Waals surface area contributed by atoms with Gasteiger partial charge in [-0.15, -0.1) is 11.3 Å². The largest absolute Gasteiger partial charge is 0.442 e. The van der Waals surface area contributed by atoms with Gasteiger partial charge in [-0.1, -0.05) is 26.0 Å².